The van der Waals surface area contributed by atoms with Gasteiger partial charge in [0.25, 0.3) is 5.91 Å². The van der Waals surface area contributed by atoms with Crippen molar-refractivity contribution >= 4 is 35.1 Å². The van der Waals surface area contributed by atoms with Crippen molar-refractivity contribution < 1.29 is 14.3 Å². The number of carbonyl (C=O) groups excluding carboxylic acids is 1. The minimum atomic E-state index is -0.348. The summed E-state index contributed by atoms with van der Waals surface area (Å²) in [4.78, 5) is 27.2. The average Bonchev–Trinajstić information content (AvgIpc) is 2.66. The Morgan fingerprint density at radius 1 is 1.27 bits per heavy atom. The summed E-state index contributed by atoms with van der Waals surface area (Å²) in [6.45, 7) is 2.68. The molecule has 2 heterocycles. The zero-order chi connectivity index (χ0) is 18.5. The highest BCUT2D eigenvalue weighted by Gasteiger charge is 2.17. The van der Waals surface area contributed by atoms with Crippen molar-refractivity contribution in [1.82, 2.24) is 20.3 Å². The molecule has 1 fully saturated rings. The molecule has 0 spiro atoms. The third-order valence-corrected chi connectivity index (χ3v) is 4.26. The van der Waals surface area contributed by atoms with Gasteiger partial charge in [0.05, 0.1) is 37.5 Å². The van der Waals surface area contributed by atoms with Crippen LogP contribution >= 0.6 is 23.2 Å². The number of benzene rings is 1. The smallest absolute Gasteiger partial charge is 0.321 e. The number of carbonyl (C=O) groups is 1. The molecule has 0 unspecified atom stereocenters. The Bertz CT molecular complexity index is 799. The molecule has 0 atom stereocenters. The fraction of sp³-hybridized carbons (Fsp3) is 0.375. The summed E-state index contributed by atoms with van der Waals surface area (Å²) < 4.78 is 10.5. The van der Waals surface area contributed by atoms with E-state index >= 15 is 0 Å². The van der Waals surface area contributed by atoms with E-state index in [1.807, 2.05) is 4.90 Å². The molecule has 1 amide bonds. The number of rotatable bonds is 5. The Morgan fingerprint density at radius 2 is 2.04 bits per heavy atom. The molecule has 0 saturated carbocycles. The van der Waals surface area contributed by atoms with Crippen molar-refractivity contribution in [1.29, 1.82) is 0 Å². The molecule has 2 aromatic rings. The summed E-state index contributed by atoms with van der Waals surface area (Å²) in [6.07, 6.45) is 0. The van der Waals surface area contributed by atoms with Crippen molar-refractivity contribution in [3.05, 3.63) is 39.6 Å². The first-order valence-corrected chi connectivity index (χ1v) is 8.67. The van der Waals surface area contributed by atoms with Crippen LogP contribution in [0.25, 0.3) is 0 Å². The Morgan fingerprint density at radius 3 is 2.73 bits per heavy atom. The fourth-order valence-electron chi connectivity index (χ4n) is 2.39. The molecular formula is C16H17Cl2N5O3. The molecule has 1 aliphatic rings. The van der Waals surface area contributed by atoms with E-state index in [1.54, 1.807) is 12.1 Å². The summed E-state index contributed by atoms with van der Waals surface area (Å²) in [5.74, 6) is 0.532. The lowest BCUT2D eigenvalue weighted by Crippen LogP contribution is -2.37. The second-order valence-electron chi connectivity index (χ2n) is 5.44. The van der Waals surface area contributed by atoms with Gasteiger partial charge in [-0.3, -0.25) is 4.79 Å². The van der Waals surface area contributed by atoms with E-state index in [0.717, 1.165) is 0 Å². The Labute approximate surface area is 160 Å². The topological polar surface area (TPSA) is 89.5 Å². The van der Waals surface area contributed by atoms with Crippen LogP contribution in [0.2, 0.25) is 10.0 Å². The maximum absolute atomic E-state index is 12.3. The zero-order valence-electron chi connectivity index (χ0n) is 14.0. The van der Waals surface area contributed by atoms with E-state index < -0.39 is 0 Å². The summed E-state index contributed by atoms with van der Waals surface area (Å²) in [5.41, 5.74) is 0.325. The predicted molar refractivity (Wildman–Crippen MR) is 97.0 cm³/mol. The number of aromatic nitrogens is 3. The van der Waals surface area contributed by atoms with Gasteiger partial charge in [-0.05, 0) is 18.2 Å². The third kappa shape index (κ3) is 4.51. The monoisotopic (exact) mass is 397 g/mol. The lowest BCUT2D eigenvalue weighted by molar-refractivity contribution is 0.0950. The highest BCUT2D eigenvalue weighted by Crippen LogP contribution is 2.21. The summed E-state index contributed by atoms with van der Waals surface area (Å²) >= 11 is 11.9. The molecule has 3 rings (SSSR count). The largest absolute Gasteiger partial charge is 0.467 e. The van der Waals surface area contributed by atoms with E-state index in [9.17, 15) is 4.79 Å². The van der Waals surface area contributed by atoms with Crippen molar-refractivity contribution in [2.24, 2.45) is 0 Å². The van der Waals surface area contributed by atoms with Crippen LogP contribution in [0.5, 0.6) is 6.01 Å². The summed E-state index contributed by atoms with van der Waals surface area (Å²) in [5, 5.41) is 3.48. The van der Waals surface area contributed by atoms with Crippen LogP contribution in [0.1, 0.15) is 16.2 Å². The Hall–Kier alpha value is -2.16. The van der Waals surface area contributed by atoms with Gasteiger partial charge in [0.1, 0.15) is 0 Å². The maximum atomic E-state index is 12.3. The molecule has 0 bridgehead atoms. The number of methoxy groups -OCH3 is 1. The molecule has 1 aromatic heterocycles. The van der Waals surface area contributed by atoms with Crippen molar-refractivity contribution in [2.45, 2.75) is 6.54 Å². The number of anilines is 1. The molecule has 138 valence electrons. The van der Waals surface area contributed by atoms with Gasteiger partial charge in [0.2, 0.25) is 5.95 Å². The molecule has 1 N–H and O–H groups in total. The molecule has 1 aliphatic heterocycles. The first-order valence-electron chi connectivity index (χ1n) is 7.91. The third-order valence-electron chi connectivity index (χ3n) is 3.71. The van der Waals surface area contributed by atoms with Gasteiger partial charge in [0.15, 0.2) is 5.82 Å². The van der Waals surface area contributed by atoms with Crippen LogP contribution < -0.4 is 15.0 Å². The number of nitrogens with one attached hydrogen (secondary N) is 1. The van der Waals surface area contributed by atoms with Gasteiger partial charge >= 0.3 is 6.01 Å². The van der Waals surface area contributed by atoms with Crippen LogP contribution in [-0.4, -0.2) is 54.3 Å². The van der Waals surface area contributed by atoms with E-state index in [1.165, 1.54) is 13.2 Å². The van der Waals surface area contributed by atoms with Crippen LogP contribution in [0, 0.1) is 0 Å². The number of ether oxygens (including phenoxy) is 2. The number of morpholine rings is 1. The molecule has 10 heteroatoms. The van der Waals surface area contributed by atoms with Crippen molar-refractivity contribution in [3.63, 3.8) is 0 Å². The van der Waals surface area contributed by atoms with Gasteiger partial charge in [-0.25, -0.2) is 0 Å². The molecule has 8 nitrogen and oxygen atoms in total. The van der Waals surface area contributed by atoms with Gasteiger partial charge in [-0.1, -0.05) is 23.2 Å². The van der Waals surface area contributed by atoms with Gasteiger partial charge < -0.3 is 19.7 Å². The second kappa shape index (κ2) is 8.48. The molecular weight excluding hydrogens is 381 g/mol. The van der Waals surface area contributed by atoms with E-state index in [0.29, 0.717) is 48.7 Å². The molecule has 0 radical (unpaired) electrons. The second-order valence-corrected chi connectivity index (χ2v) is 6.29. The minimum Gasteiger partial charge on any atom is -0.467 e. The number of hydrogen-bond acceptors (Lipinski definition) is 7. The quantitative estimate of drug-likeness (QED) is 0.824. The lowest BCUT2D eigenvalue weighted by Gasteiger charge is -2.26. The number of halogens is 2. The van der Waals surface area contributed by atoms with E-state index in [2.05, 4.69) is 20.3 Å². The van der Waals surface area contributed by atoms with Crippen LogP contribution in [0.3, 0.4) is 0 Å². The fourth-order valence-corrected chi connectivity index (χ4v) is 2.88. The SMILES string of the molecule is COc1nc(CNC(=O)c2ccc(Cl)cc2Cl)nc(N2CCOCC2)n1. The van der Waals surface area contributed by atoms with Crippen molar-refractivity contribution in [3.8, 4) is 6.01 Å². The van der Waals surface area contributed by atoms with Gasteiger partial charge in [0, 0.05) is 18.1 Å². The minimum absolute atomic E-state index is 0.105. The van der Waals surface area contributed by atoms with Gasteiger partial charge in [-0.2, -0.15) is 15.0 Å². The van der Waals surface area contributed by atoms with E-state index in [4.69, 9.17) is 32.7 Å². The zero-order valence-corrected chi connectivity index (χ0v) is 15.5. The molecule has 26 heavy (non-hydrogen) atoms. The number of nitrogens with zero attached hydrogens (tertiary/aromatic N) is 4. The highest BCUT2D eigenvalue weighted by atomic mass is 35.5. The van der Waals surface area contributed by atoms with Crippen LogP contribution in [0.4, 0.5) is 5.95 Å². The van der Waals surface area contributed by atoms with E-state index in [-0.39, 0.29) is 23.5 Å². The summed E-state index contributed by atoms with van der Waals surface area (Å²) in [6, 6.07) is 4.87. The Kier molecular flexibility index (Phi) is 6.08. The first-order chi connectivity index (χ1) is 12.6. The number of amides is 1. The number of hydrogen-bond donors (Lipinski definition) is 1. The predicted octanol–water partition coefficient (Wildman–Crippen LogP) is 1.95. The maximum Gasteiger partial charge on any atom is 0.321 e. The van der Waals surface area contributed by atoms with Crippen LogP contribution in [0.15, 0.2) is 18.2 Å². The molecule has 0 aliphatic carbocycles. The molecule has 1 aromatic carbocycles. The highest BCUT2D eigenvalue weighted by molar-refractivity contribution is 6.36. The Balaban J connectivity index is 1.73. The normalized spacial score (nSPS) is 14.2. The average molecular weight is 398 g/mol. The summed E-state index contributed by atoms with van der Waals surface area (Å²) in [7, 11) is 1.48. The van der Waals surface area contributed by atoms with Crippen molar-refractivity contribution in [2.75, 3.05) is 38.3 Å². The standard InChI is InChI=1S/C16H17Cl2N5O3/c1-25-16-21-13(20-15(22-16)23-4-6-26-7-5-23)9-19-14(24)11-3-2-10(17)8-12(11)18/h2-3,8H,4-7,9H2,1H3,(H,19,24). The van der Waals surface area contributed by atoms with Gasteiger partial charge in [-0.15, -0.1) is 0 Å². The first kappa shape index (κ1) is 18.6. The lowest BCUT2D eigenvalue weighted by atomic mass is 10.2. The van der Waals surface area contributed by atoms with Crippen LogP contribution in [-0.2, 0) is 11.3 Å². The molecule has 1 saturated heterocycles.